The molecule has 0 unspecified atom stereocenters. The Bertz CT molecular complexity index is 611. The van der Waals surface area contributed by atoms with Gasteiger partial charge >= 0.3 is 0 Å². The Hall–Kier alpha value is -1.40. The monoisotopic (exact) mass is 296 g/mol. The number of rotatable bonds is 5. The van der Waals surface area contributed by atoms with Crippen molar-refractivity contribution in [2.24, 2.45) is 11.8 Å². The maximum Gasteiger partial charge on any atom is 0.242 e. The molecule has 1 saturated carbocycles. The summed E-state index contributed by atoms with van der Waals surface area (Å²) in [5.74, 6) is 0.540. The van der Waals surface area contributed by atoms with Gasteiger partial charge in [0.2, 0.25) is 15.9 Å². The lowest BCUT2D eigenvalue weighted by molar-refractivity contribution is -0.122. The molecule has 0 radical (unpaired) electrons. The maximum atomic E-state index is 12.2. The number of carbonyl (C=O) groups is 1. The van der Waals surface area contributed by atoms with Crippen molar-refractivity contribution in [3.05, 3.63) is 29.8 Å². The lowest BCUT2D eigenvalue weighted by atomic mass is 10.2. The molecule has 1 N–H and O–H groups in total. The van der Waals surface area contributed by atoms with Crippen LogP contribution in [0.3, 0.4) is 0 Å². The van der Waals surface area contributed by atoms with E-state index in [1.165, 1.54) is 18.4 Å². The summed E-state index contributed by atoms with van der Waals surface area (Å²) in [5.41, 5.74) is 0.614. The first kappa shape index (κ1) is 15.0. The quantitative estimate of drug-likeness (QED) is 0.888. The standard InChI is InChI=1S/C14H20N2O3S/c1-10-8-12(10)14(17)15-9-11-6-4-5-7-13(11)20(18,19)16(2)3/h4-7,10,12H,8-9H2,1-3H3,(H,15,17)/t10-,12+/m0/s1. The Morgan fingerprint density at radius 2 is 1.95 bits per heavy atom. The number of hydrogen-bond donors (Lipinski definition) is 1. The van der Waals surface area contributed by atoms with Gasteiger partial charge in [0.25, 0.3) is 0 Å². The largest absolute Gasteiger partial charge is 0.352 e. The predicted molar refractivity (Wildman–Crippen MR) is 76.4 cm³/mol. The molecule has 0 bridgehead atoms. The topological polar surface area (TPSA) is 66.5 Å². The minimum Gasteiger partial charge on any atom is -0.352 e. The van der Waals surface area contributed by atoms with Crippen LogP contribution in [0.1, 0.15) is 18.9 Å². The Morgan fingerprint density at radius 3 is 2.50 bits per heavy atom. The molecule has 1 aromatic rings. The summed E-state index contributed by atoms with van der Waals surface area (Å²) < 4.78 is 25.6. The zero-order valence-corrected chi connectivity index (χ0v) is 12.8. The van der Waals surface area contributed by atoms with Gasteiger partial charge in [0.05, 0.1) is 4.90 Å². The van der Waals surface area contributed by atoms with Crippen LogP contribution in [0.15, 0.2) is 29.2 Å². The van der Waals surface area contributed by atoms with Crippen LogP contribution in [-0.4, -0.2) is 32.7 Å². The van der Waals surface area contributed by atoms with Gasteiger partial charge in [0.15, 0.2) is 0 Å². The van der Waals surface area contributed by atoms with E-state index in [-0.39, 0.29) is 23.3 Å². The second kappa shape index (κ2) is 5.54. The van der Waals surface area contributed by atoms with Crippen LogP contribution >= 0.6 is 0 Å². The molecule has 1 aliphatic rings. The fourth-order valence-corrected chi connectivity index (χ4v) is 3.21. The highest BCUT2D eigenvalue weighted by atomic mass is 32.2. The van der Waals surface area contributed by atoms with Gasteiger partial charge in [0.1, 0.15) is 0 Å². The van der Waals surface area contributed by atoms with E-state index < -0.39 is 10.0 Å². The summed E-state index contributed by atoms with van der Waals surface area (Å²) in [5, 5.41) is 2.82. The second-order valence-electron chi connectivity index (χ2n) is 5.43. The van der Waals surface area contributed by atoms with Crippen molar-refractivity contribution in [2.75, 3.05) is 14.1 Å². The summed E-state index contributed by atoms with van der Waals surface area (Å²) in [6, 6.07) is 6.75. The zero-order chi connectivity index (χ0) is 14.9. The molecule has 0 aliphatic heterocycles. The summed E-state index contributed by atoms with van der Waals surface area (Å²) in [6.07, 6.45) is 0.920. The van der Waals surface area contributed by atoms with Gasteiger partial charge in [-0.1, -0.05) is 25.1 Å². The van der Waals surface area contributed by atoms with Gasteiger partial charge in [-0.15, -0.1) is 0 Å². The van der Waals surface area contributed by atoms with Crippen LogP contribution in [0.4, 0.5) is 0 Å². The van der Waals surface area contributed by atoms with Crippen molar-refractivity contribution in [1.82, 2.24) is 9.62 Å². The fraction of sp³-hybridized carbons (Fsp3) is 0.500. The van der Waals surface area contributed by atoms with Crippen LogP contribution in [-0.2, 0) is 21.4 Å². The molecule has 0 saturated heterocycles. The lowest BCUT2D eigenvalue weighted by Gasteiger charge is -2.15. The van der Waals surface area contributed by atoms with Crippen molar-refractivity contribution in [1.29, 1.82) is 0 Å². The summed E-state index contributed by atoms with van der Waals surface area (Å²) in [4.78, 5) is 12.1. The van der Waals surface area contributed by atoms with Gasteiger partial charge in [-0.2, -0.15) is 0 Å². The number of nitrogens with zero attached hydrogens (tertiary/aromatic N) is 1. The number of benzene rings is 1. The minimum absolute atomic E-state index is 0.00885. The molecular weight excluding hydrogens is 276 g/mol. The smallest absolute Gasteiger partial charge is 0.242 e. The van der Waals surface area contributed by atoms with Crippen molar-refractivity contribution in [2.45, 2.75) is 24.8 Å². The van der Waals surface area contributed by atoms with Crippen LogP contribution in [0.5, 0.6) is 0 Å². The van der Waals surface area contributed by atoms with Crippen molar-refractivity contribution in [3.8, 4) is 0 Å². The van der Waals surface area contributed by atoms with E-state index in [0.29, 0.717) is 11.5 Å². The number of nitrogens with one attached hydrogen (secondary N) is 1. The number of carbonyl (C=O) groups excluding carboxylic acids is 1. The Labute approximate surface area is 120 Å². The molecule has 6 heteroatoms. The van der Waals surface area contributed by atoms with Crippen LogP contribution in [0, 0.1) is 11.8 Å². The van der Waals surface area contributed by atoms with E-state index in [4.69, 9.17) is 0 Å². The van der Waals surface area contributed by atoms with Crippen LogP contribution in [0.25, 0.3) is 0 Å². The van der Waals surface area contributed by atoms with E-state index in [2.05, 4.69) is 5.32 Å². The van der Waals surface area contributed by atoms with E-state index >= 15 is 0 Å². The van der Waals surface area contributed by atoms with Gasteiger partial charge in [-0.3, -0.25) is 4.79 Å². The normalized spacial score (nSPS) is 21.8. The first-order valence-electron chi connectivity index (χ1n) is 6.62. The summed E-state index contributed by atoms with van der Waals surface area (Å²) >= 11 is 0. The minimum atomic E-state index is -3.49. The molecule has 0 spiro atoms. The maximum absolute atomic E-state index is 12.2. The van der Waals surface area contributed by atoms with Crippen LogP contribution < -0.4 is 5.32 Å². The van der Waals surface area contributed by atoms with E-state index in [1.807, 2.05) is 6.92 Å². The highest BCUT2D eigenvalue weighted by Gasteiger charge is 2.38. The molecule has 1 fully saturated rings. The Kier molecular flexibility index (Phi) is 4.15. The third-order valence-electron chi connectivity index (χ3n) is 3.63. The van der Waals surface area contributed by atoms with Crippen molar-refractivity contribution in [3.63, 3.8) is 0 Å². The molecule has 0 aromatic heterocycles. The van der Waals surface area contributed by atoms with Crippen LogP contribution in [0.2, 0.25) is 0 Å². The molecular formula is C14H20N2O3S. The highest BCUT2D eigenvalue weighted by molar-refractivity contribution is 7.89. The molecule has 5 nitrogen and oxygen atoms in total. The fourth-order valence-electron chi connectivity index (χ4n) is 2.10. The summed E-state index contributed by atoms with van der Waals surface area (Å²) in [6.45, 7) is 2.28. The van der Waals surface area contributed by atoms with Gasteiger partial charge in [-0.25, -0.2) is 12.7 Å². The van der Waals surface area contributed by atoms with E-state index in [0.717, 1.165) is 6.42 Å². The van der Waals surface area contributed by atoms with Crippen molar-refractivity contribution < 1.29 is 13.2 Å². The number of amides is 1. The third-order valence-corrected chi connectivity index (χ3v) is 5.55. The third kappa shape index (κ3) is 3.02. The van der Waals surface area contributed by atoms with Gasteiger partial charge in [0, 0.05) is 26.6 Å². The molecule has 1 aromatic carbocycles. The van der Waals surface area contributed by atoms with Gasteiger partial charge in [-0.05, 0) is 24.0 Å². The predicted octanol–water partition coefficient (Wildman–Crippen LogP) is 1.21. The molecule has 2 rings (SSSR count). The molecule has 1 aliphatic carbocycles. The van der Waals surface area contributed by atoms with E-state index in [1.54, 1.807) is 24.3 Å². The highest BCUT2D eigenvalue weighted by Crippen LogP contribution is 2.37. The molecule has 110 valence electrons. The van der Waals surface area contributed by atoms with E-state index in [9.17, 15) is 13.2 Å². The first-order chi connectivity index (χ1) is 9.34. The molecule has 20 heavy (non-hydrogen) atoms. The van der Waals surface area contributed by atoms with Gasteiger partial charge < -0.3 is 5.32 Å². The Balaban J connectivity index is 2.14. The zero-order valence-electron chi connectivity index (χ0n) is 12.0. The molecule has 2 atom stereocenters. The molecule has 1 amide bonds. The average Bonchev–Trinajstić information content (AvgIpc) is 3.13. The number of sulfonamides is 1. The second-order valence-corrected chi connectivity index (χ2v) is 7.55. The first-order valence-corrected chi connectivity index (χ1v) is 8.06. The average molecular weight is 296 g/mol. The molecule has 0 heterocycles. The SMILES string of the molecule is C[C@H]1C[C@H]1C(=O)NCc1ccccc1S(=O)(=O)N(C)C. The number of hydrogen-bond acceptors (Lipinski definition) is 3. The van der Waals surface area contributed by atoms with Crippen molar-refractivity contribution >= 4 is 15.9 Å². The lowest BCUT2D eigenvalue weighted by Crippen LogP contribution is -2.28. The summed E-state index contributed by atoms with van der Waals surface area (Å²) in [7, 11) is -0.496. The Morgan fingerprint density at radius 1 is 1.35 bits per heavy atom.